The molecule has 102 valence electrons. The molecule has 20 heavy (non-hydrogen) atoms. The first-order chi connectivity index (χ1) is 9.70. The van der Waals surface area contributed by atoms with Gasteiger partial charge in [0.15, 0.2) is 0 Å². The highest BCUT2D eigenvalue weighted by molar-refractivity contribution is 6.19. The van der Waals surface area contributed by atoms with Crippen LogP contribution in [0.25, 0.3) is 0 Å². The predicted molar refractivity (Wildman–Crippen MR) is 84.3 cm³/mol. The molecular formula is C18H17ClO. The summed E-state index contributed by atoms with van der Waals surface area (Å²) >= 11 is 5.59. The van der Waals surface area contributed by atoms with Crippen LogP contribution in [-0.2, 0) is 6.61 Å². The molecule has 0 saturated heterocycles. The lowest BCUT2D eigenvalue weighted by Crippen LogP contribution is -1.98. The molecule has 0 aliphatic rings. The van der Waals surface area contributed by atoms with Crippen molar-refractivity contribution >= 4 is 11.6 Å². The molecule has 0 aliphatic heterocycles. The second-order valence-electron chi connectivity index (χ2n) is 4.64. The van der Waals surface area contributed by atoms with Crippen LogP contribution in [0.1, 0.15) is 22.3 Å². The number of rotatable bonds is 3. The third kappa shape index (κ3) is 3.79. The molecule has 0 aliphatic carbocycles. The van der Waals surface area contributed by atoms with Gasteiger partial charge in [-0.3, -0.25) is 0 Å². The van der Waals surface area contributed by atoms with Crippen LogP contribution in [0.4, 0.5) is 0 Å². The summed E-state index contributed by atoms with van der Waals surface area (Å²) in [6.45, 7) is 4.76. The predicted octanol–water partition coefficient (Wildman–Crippen LogP) is 4.47. The van der Waals surface area contributed by atoms with E-state index in [1.165, 1.54) is 11.1 Å². The Kier molecular flexibility index (Phi) is 5.09. The summed E-state index contributed by atoms with van der Waals surface area (Å²) in [5.74, 6) is 6.99. The van der Waals surface area contributed by atoms with E-state index in [-0.39, 0.29) is 0 Å². The van der Waals surface area contributed by atoms with Crippen LogP contribution in [0.2, 0.25) is 0 Å². The minimum Gasteiger partial charge on any atom is -0.488 e. The monoisotopic (exact) mass is 284 g/mol. The Hall–Kier alpha value is -1.91. The molecule has 2 rings (SSSR count). The van der Waals surface area contributed by atoms with E-state index >= 15 is 0 Å². The largest absolute Gasteiger partial charge is 0.488 e. The summed E-state index contributed by atoms with van der Waals surface area (Å²) in [6.07, 6.45) is 0. The number of aryl methyl sites for hydroxylation is 2. The normalized spacial score (nSPS) is 9.75. The van der Waals surface area contributed by atoms with Gasteiger partial charge < -0.3 is 4.74 Å². The molecule has 0 N–H and O–H groups in total. The molecule has 1 nitrogen and oxygen atoms in total. The van der Waals surface area contributed by atoms with Crippen molar-refractivity contribution in [2.45, 2.75) is 20.5 Å². The van der Waals surface area contributed by atoms with Gasteiger partial charge in [-0.25, -0.2) is 0 Å². The van der Waals surface area contributed by atoms with Crippen LogP contribution in [-0.4, -0.2) is 5.88 Å². The van der Waals surface area contributed by atoms with Crippen LogP contribution in [0.3, 0.4) is 0 Å². The molecule has 0 atom stereocenters. The lowest BCUT2D eigenvalue weighted by atomic mass is 10.1. The van der Waals surface area contributed by atoms with Gasteiger partial charge in [0.2, 0.25) is 0 Å². The van der Waals surface area contributed by atoms with E-state index in [1.54, 1.807) is 0 Å². The zero-order valence-corrected chi connectivity index (χ0v) is 12.5. The van der Waals surface area contributed by atoms with Crippen LogP contribution in [0.5, 0.6) is 5.75 Å². The Morgan fingerprint density at radius 1 is 1.05 bits per heavy atom. The summed E-state index contributed by atoms with van der Waals surface area (Å²) in [5, 5.41) is 0. The highest BCUT2D eigenvalue weighted by Crippen LogP contribution is 2.19. The summed E-state index contributed by atoms with van der Waals surface area (Å²) in [6, 6.07) is 14.1. The van der Waals surface area contributed by atoms with Gasteiger partial charge in [-0.05, 0) is 42.7 Å². The van der Waals surface area contributed by atoms with Gasteiger partial charge in [-0.15, -0.1) is 11.6 Å². The number of alkyl halides is 1. The SMILES string of the molecule is Cc1ccc(COc2ccccc2C#CCCl)cc1C. The molecule has 2 aromatic rings. The fourth-order valence-electron chi connectivity index (χ4n) is 1.88. The minimum absolute atomic E-state index is 0.325. The molecular weight excluding hydrogens is 268 g/mol. The molecule has 0 amide bonds. The van der Waals surface area contributed by atoms with Gasteiger partial charge in [-0.1, -0.05) is 42.2 Å². The fourth-order valence-corrected chi connectivity index (χ4v) is 1.95. The number of halogens is 1. The number of benzene rings is 2. The van der Waals surface area contributed by atoms with E-state index in [2.05, 4.69) is 43.9 Å². The van der Waals surface area contributed by atoms with Crippen LogP contribution >= 0.6 is 11.6 Å². The highest BCUT2D eigenvalue weighted by atomic mass is 35.5. The van der Waals surface area contributed by atoms with Crippen molar-refractivity contribution in [1.29, 1.82) is 0 Å². The van der Waals surface area contributed by atoms with E-state index in [0.29, 0.717) is 12.5 Å². The standard InChI is InChI=1S/C18H17ClO/c1-14-9-10-16(12-15(14)2)13-20-18-8-4-3-6-17(18)7-5-11-19/h3-4,6,8-10,12H,11,13H2,1-2H3. The summed E-state index contributed by atoms with van der Waals surface area (Å²) in [4.78, 5) is 0. The number of hydrogen-bond acceptors (Lipinski definition) is 1. The third-order valence-electron chi connectivity index (χ3n) is 3.14. The van der Waals surface area contributed by atoms with Crippen molar-refractivity contribution in [2.75, 3.05) is 5.88 Å². The number of hydrogen-bond donors (Lipinski definition) is 0. The summed E-state index contributed by atoms with van der Waals surface area (Å²) < 4.78 is 5.87. The minimum atomic E-state index is 0.325. The second kappa shape index (κ2) is 7.03. The van der Waals surface area contributed by atoms with Crippen LogP contribution in [0, 0.1) is 25.7 Å². The van der Waals surface area contributed by atoms with Gasteiger partial charge in [-0.2, -0.15) is 0 Å². The maximum Gasteiger partial charge on any atom is 0.135 e. The maximum absolute atomic E-state index is 5.87. The van der Waals surface area contributed by atoms with Crippen LogP contribution in [0.15, 0.2) is 42.5 Å². The first kappa shape index (κ1) is 14.5. The Bertz CT molecular complexity index is 650. The molecule has 0 fully saturated rings. The van der Waals surface area contributed by atoms with Gasteiger partial charge in [0.25, 0.3) is 0 Å². The lowest BCUT2D eigenvalue weighted by molar-refractivity contribution is 0.305. The lowest BCUT2D eigenvalue weighted by Gasteiger charge is -2.09. The van der Waals surface area contributed by atoms with E-state index in [1.807, 2.05) is 24.3 Å². The van der Waals surface area contributed by atoms with Crippen molar-refractivity contribution in [3.8, 4) is 17.6 Å². The van der Waals surface area contributed by atoms with Gasteiger partial charge in [0.1, 0.15) is 12.4 Å². The zero-order chi connectivity index (χ0) is 14.4. The molecule has 0 aromatic heterocycles. The van der Waals surface area contributed by atoms with Gasteiger partial charge >= 0.3 is 0 Å². The smallest absolute Gasteiger partial charge is 0.135 e. The van der Waals surface area contributed by atoms with Crippen LogP contribution < -0.4 is 4.74 Å². The molecule has 2 aromatic carbocycles. The molecule has 0 saturated carbocycles. The van der Waals surface area contributed by atoms with E-state index < -0.39 is 0 Å². The maximum atomic E-state index is 5.87. The Balaban J connectivity index is 2.12. The Morgan fingerprint density at radius 3 is 2.60 bits per heavy atom. The summed E-state index contributed by atoms with van der Waals surface area (Å²) in [5.41, 5.74) is 4.61. The fraction of sp³-hybridized carbons (Fsp3) is 0.222. The van der Waals surface area contributed by atoms with Crippen molar-refractivity contribution < 1.29 is 4.74 Å². The molecule has 0 bridgehead atoms. The van der Waals surface area contributed by atoms with Gasteiger partial charge in [0, 0.05) is 0 Å². The number of ether oxygens (including phenoxy) is 1. The van der Waals surface area contributed by atoms with E-state index in [4.69, 9.17) is 16.3 Å². The van der Waals surface area contributed by atoms with Crippen molar-refractivity contribution in [2.24, 2.45) is 0 Å². The highest BCUT2D eigenvalue weighted by Gasteiger charge is 2.02. The Labute approximate surface area is 125 Å². The third-order valence-corrected chi connectivity index (χ3v) is 3.28. The average Bonchev–Trinajstić information content (AvgIpc) is 2.47. The van der Waals surface area contributed by atoms with E-state index in [0.717, 1.165) is 16.9 Å². The van der Waals surface area contributed by atoms with E-state index in [9.17, 15) is 0 Å². The zero-order valence-electron chi connectivity index (χ0n) is 11.7. The first-order valence-corrected chi connectivity index (χ1v) is 7.07. The molecule has 0 spiro atoms. The molecule has 0 radical (unpaired) electrons. The van der Waals surface area contributed by atoms with Crippen molar-refractivity contribution in [1.82, 2.24) is 0 Å². The second-order valence-corrected chi connectivity index (χ2v) is 4.91. The van der Waals surface area contributed by atoms with Gasteiger partial charge in [0.05, 0.1) is 11.4 Å². The number of para-hydroxylation sites is 1. The van der Waals surface area contributed by atoms with Crippen molar-refractivity contribution in [3.63, 3.8) is 0 Å². The topological polar surface area (TPSA) is 9.23 Å². The summed E-state index contributed by atoms with van der Waals surface area (Å²) in [7, 11) is 0. The Morgan fingerprint density at radius 2 is 1.85 bits per heavy atom. The average molecular weight is 285 g/mol. The molecule has 0 heterocycles. The quantitative estimate of drug-likeness (QED) is 0.597. The molecule has 0 unspecified atom stereocenters. The van der Waals surface area contributed by atoms with Crippen molar-refractivity contribution in [3.05, 3.63) is 64.7 Å². The first-order valence-electron chi connectivity index (χ1n) is 6.53. The molecule has 2 heteroatoms.